The van der Waals surface area contributed by atoms with Crippen molar-refractivity contribution in [2.75, 3.05) is 26.6 Å². The summed E-state index contributed by atoms with van der Waals surface area (Å²) in [7, 11) is 4.62. The fraction of sp³-hybridized carbons (Fsp3) is 0.208. The van der Waals surface area contributed by atoms with E-state index in [1.807, 2.05) is 5.38 Å². The maximum atomic E-state index is 12.5. The van der Waals surface area contributed by atoms with Gasteiger partial charge in [0.25, 0.3) is 11.9 Å². The zero-order valence-corrected chi connectivity index (χ0v) is 19.8. The zero-order chi connectivity index (χ0) is 23.5. The number of rotatable bonds is 7. The number of hydrogen-bond acceptors (Lipinski definition) is 7. The highest BCUT2D eigenvalue weighted by Gasteiger charge is 2.15. The first-order valence-corrected chi connectivity index (χ1v) is 11.0. The SMILES string of the molecule is COc1cc(/C=C/C(=O)Nc2nc3scc(-c4ccc(C)cc4C)n3n2)cc(OC)c1OC. The normalized spacial score (nSPS) is 11.2. The molecule has 1 amide bonds. The molecule has 0 aliphatic heterocycles. The van der Waals surface area contributed by atoms with Crippen LogP contribution < -0.4 is 19.5 Å². The predicted molar refractivity (Wildman–Crippen MR) is 130 cm³/mol. The number of thiazole rings is 1. The number of carbonyl (C=O) groups is 1. The van der Waals surface area contributed by atoms with Crippen LogP contribution in [0.25, 0.3) is 22.3 Å². The van der Waals surface area contributed by atoms with Crippen molar-refractivity contribution in [2.24, 2.45) is 0 Å². The fourth-order valence-electron chi connectivity index (χ4n) is 3.54. The van der Waals surface area contributed by atoms with Gasteiger partial charge in [0.05, 0.1) is 27.0 Å². The number of hydrogen-bond donors (Lipinski definition) is 1. The lowest BCUT2D eigenvalue weighted by atomic mass is 10.0. The Kier molecular flexibility index (Phi) is 6.32. The molecule has 2 aromatic heterocycles. The maximum Gasteiger partial charge on any atom is 0.250 e. The highest BCUT2D eigenvalue weighted by molar-refractivity contribution is 7.15. The van der Waals surface area contributed by atoms with E-state index in [0.29, 0.717) is 22.2 Å². The summed E-state index contributed by atoms with van der Waals surface area (Å²) in [6.07, 6.45) is 3.06. The van der Waals surface area contributed by atoms with E-state index < -0.39 is 0 Å². The van der Waals surface area contributed by atoms with Crippen molar-refractivity contribution >= 4 is 34.2 Å². The lowest BCUT2D eigenvalue weighted by Gasteiger charge is -2.12. The molecule has 0 unspecified atom stereocenters. The topological polar surface area (TPSA) is 87.0 Å². The molecule has 0 saturated heterocycles. The summed E-state index contributed by atoms with van der Waals surface area (Å²) in [6, 6.07) is 9.79. The lowest BCUT2D eigenvalue weighted by molar-refractivity contribution is -0.111. The van der Waals surface area contributed by atoms with Crippen LogP contribution >= 0.6 is 11.3 Å². The summed E-state index contributed by atoms with van der Waals surface area (Å²) >= 11 is 1.47. The van der Waals surface area contributed by atoms with Crippen molar-refractivity contribution < 1.29 is 19.0 Å². The van der Waals surface area contributed by atoms with Crippen LogP contribution in [0.2, 0.25) is 0 Å². The van der Waals surface area contributed by atoms with Gasteiger partial charge in [-0.25, -0.2) is 4.52 Å². The van der Waals surface area contributed by atoms with E-state index in [9.17, 15) is 4.79 Å². The van der Waals surface area contributed by atoms with Crippen LogP contribution in [0.1, 0.15) is 16.7 Å². The van der Waals surface area contributed by atoms with Gasteiger partial charge in [-0.05, 0) is 43.2 Å². The molecule has 0 spiro atoms. The van der Waals surface area contributed by atoms with Crippen LogP contribution in [0.3, 0.4) is 0 Å². The van der Waals surface area contributed by atoms with Gasteiger partial charge in [0.15, 0.2) is 11.5 Å². The molecule has 0 saturated carbocycles. The predicted octanol–water partition coefficient (Wildman–Crippen LogP) is 4.75. The number of fused-ring (bicyclic) bond motifs is 1. The number of anilines is 1. The van der Waals surface area contributed by atoms with Crippen molar-refractivity contribution in [3.8, 4) is 28.5 Å². The highest BCUT2D eigenvalue weighted by atomic mass is 32.1. The Morgan fingerprint density at radius 1 is 1.06 bits per heavy atom. The Morgan fingerprint density at radius 2 is 1.79 bits per heavy atom. The molecule has 0 aliphatic rings. The third-order valence-corrected chi connectivity index (χ3v) is 5.90. The molecule has 0 atom stereocenters. The summed E-state index contributed by atoms with van der Waals surface area (Å²) < 4.78 is 17.8. The molecule has 8 nitrogen and oxygen atoms in total. The Morgan fingerprint density at radius 3 is 2.42 bits per heavy atom. The average molecular weight is 465 g/mol. The molecule has 33 heavy (non-hydrogen) atoms. The Balaban J connectivity index is 1.54. The molecule has 2 aromatic carbocycles. The number of nitrogens with zero attached hydrogens (tertiary/aromatic N) is 3. The molecule has 4 aromatic rings. The van der Waals surface area contributed by atoms with Gasteiger partial charge < -0.3 is 14.2 Å². The summed E-state index contributed by atoms with van der Waals surface area (Å²) in [4.78, 5) is 17.6. The molecule has 9 heteroatoms. The van der Waals surface area contributed by atoms with E-state index in [4.69, 9.17) is 14.2 Å². The second kappa shape index (κ2) is 9.33. The van der Waals surface area contributed by atoms with Crippen LogP contribution in [0, 0.1) is 13.8 Å². The van der Waals surface area contributed by atoms with Gasteiger partial charge in [-0.1, -0.05) is 23.8 Å². The molecule has 1 N–H and O–H groups in total. The molecular weight excluding hydrogens is 440 g/mol. The van der Waals surface area contributed by atoms with Crippen molar-refractivity contribution in [3.05, 3.63) is 58.5 Å². The molecule has 170 valence electrons. The van der Waals surface area contributed by atoms with E-state index >= 15 is 0 Å². The third kappa shape index (κ3) is 4.54. The number of ether oxygens (including phenoxy) is 3. The fourth-order valence-corrected chi connectivity index (χ4v) is 4.36. The molecule has 2 heterocycles. The van der Waals surface area contributed by atoms with E-state index in [0.717, 1.165) is 22.4 Å². The van der Waals surface area contributed by atoms with Crippen molar-refractivity contribution in [1.29, 1.82) is 0 Å². The van der Waals surface area contributed by atoms with E-state index in [1.165, 1.54) is 30.1 Å². The monoisotopic (exact) mass is 464 g/mol. The molecule has 0 aliphatic carbocycles. The van der Waals surface area contributed by atoms with Gasteiger partial charge in [0, 0.05) is 17.0 Å². The van der Waals surface area contributed by atoms with E-state index in [-0.39, 0.29) is 11.9 Å². The van der Waals surface area contributed by atoms with Crippen molar-refractivity contribution in [1.82, 2.24) is 14.6 Å². The quantitative estimate of drug-likeness (QED) is 0.397. The highest BCUT2D eigenvalue weighted by Crippen LogP contribution is 2.38. The first-order chi connectivity index (χ1) is 15.9. The molecule has 0 bridgehead atoms. The number of aromatic nitrogens is 3. The summed E-state index contributed by atoms with van der Waals surface area (Å²) in [5, 5.41) is 9.22. The minimum absolute atomic E-state index is 0.243. The Bertz CT molecular complexity index is 1330. The van der Waals surface area contributed by atoms with Gasteiger partial charge in [-0.2, -0.15) is 4.98 Å². The maximum absolute atomic E-state index is 12.5. The van der Waals surface area contributed by atoms with E-state index in [2.05, 4.69) is 47.4 Å². The standard InChI is InChI=1S/C24H24N4O4S/c1-14-6-8-17(15(2)10-14)18-13-33-24-26-23(27-28(18)24)25-21(29)9-7-16-11-19(30-3)22(32-5)20(12-16)31-4/h6-13H,1-5H3,(H,25,27,29)/b9-7+. The van der Waals surface area contributed by atoms with E-state index in [1.54, 1.807) is 36.9 Å². The zero-order valence-electron chi connectivity index (χ0n) is 19.0. The first kappa shape index (κ1) is 22.3. The minimum atomic E-state index is -0.352. The Hall–Kier alpha value is -3.85. The number of benzene rings is 2. The number of carbonyl (C=O) groups excluding carboxylic acids is 1. The van der Waals surface area contributed by atoms with Gasteiger partial charge in [-0.15, -0.1) is 16.4 Å². The van der Waals surface area contributed by atoms with Crippen LogP contribution in [-0.4, -0.2) is 41.8 Å². The van der Waals surface area contributed by atoms with Crippen LogP contribution in [0.4, 0.5) is 5.95 Å². The van der Waals surface area contributed by atoms with Crippen LogP contribution in [-0.2, 0) is 4.79 Å². The number of nitrogens with one attached hydrogen (secondary N) is 1. The van der Waals surface area contributed by atoms with Gasteiger partial charge >= 0.3 is 0 Å². The Labute approximate surface area is 195 Å². The number of aryl methyl sites for hydroxylation is 2. The van der Waals surface area contributed by atoms with Crippen molar-refractivity contribution in [2.45, 2.75) is 13.8 Å². The largest absolute Gasteiger partial charge is 0.493 e. The van der Waals surface area contributed by atoms with Gasteiger partial charge in [-0.3, -0.25) is 10.1 Å². The summed E-state index contributed by atoms with van der Waals surface area (Å²) in [5.74, 6) is 1.39. The summed E-state index contributed by atoms with van der Waals surface area (Å²) in [5.41, 5.74) is 5.10. The molecule has 0 radical (unpaired) electrons. The minimum Gasteiger partial charge on any atom is -0.493 e. The first-order valence-electron chi connectivity index (χ1n) is 10.1. The molecule has 4 rings (SSSR count). The van der Waals surface area contributed by atoms with Crippen molar-refractivity contribution in [3.63, 3.8) is 0 Å². The summed E-state index contributed by atoms with van der Waals surface area (Å²) in [6.45, 7) is 4.13. The average Bonchev–Trinajstić information content (AvgIpc) is 3.37. The second-order valence-corrected chi connectivity index (χ2v) is 8.19. The third-order valence-electron chi connectivity index (χ3n) is 5.09. The number of methoxy groups -OCH3 is 3. The number of amides is 1. The van der Waals surface area contributed by atoms with Crippen LogP contribution in [0.5, 0.6) is 17.2 Å². The molecule has 0 fully saturated rings. The van der Waals surface area contributed by atoms with Gasteiger partial charge in [0.2, 0.25) is 10.7 Å². The lowest BCUT2D eigenvalue weighted by Crippen LogP contribution is -2.09. The molecular formula is C24H24N4O4S. The van der Waals surface area contributed by atoms with Gasteiger partial charge in [0.1, 0.15) is 0 Å². The van der Waals surface area contributed by atoms with Crippen LogP contribution in [0.15, 0.2) is 41.8 Å². The second-order valence-electron chi connectivity index (χ2n) is 7.35. The smallest absolute Gasteiger partial charge is 0.250 e.